The molecule has 0 aliphatic heterocycles. The molecule has 0 radical (unpaired) electrons. The summed E-state index contributed by atoms with van der Waals surface area (Å²) in [5, 5.41) is 4.21. The van der Waals surface area contributed by atoms with Gasteiger partial charge in [0.2, 0.25) is 0 Å². The lowest BCUT2D eigenvalue weighted by molar-refractivity contribution is -0.120. The largest absolute Gasteiger partial charge is 0.312 e. The summed E-state index contributed by atoms with van der Waals surface area (Å²) in [5.41, 5.74) is 1.40. The molecule has 3 rings (SSSR count). The molecule has 1 aliphatic carbocycles. The van der Waals surface area contributed by atoms with Gasteiger partial charge in [-0.05, 0) is 32.3 Å². The smallest absolute Gasteiger partial charge is 0.276 e. The van der Waals surface area contributed by atoms with E-state index in [0.717, 1.165) is 25.0 Å². The number of hydrogen-bond donors (Lipinski definition) is 0. The topological polar surface area (TPSA) is 56.4 Å². The first-order chi connectivity index (χ1) is 9.15. The van der Waals surface area contributed by atoms with Crippen LogP contribution in [0, 0.1) is 12.8 Å². The minimum absolute atomic E-state index is 0.0338. The minimum Gasteiger partial charge on any atom is -0.312 e. The lowest BCUT2D eigenvalue weighted by atomic mass is 10.0. The molecule has 2 heterocycles. The second-order valence-corrected chi connectivity index (χ2v) is 5.26. The number of aromatic nitrogens is 3. The van der Waals surface area contributed by atoms with Crippen LogP contribution in [0.25, 0.3) is 5.52 Å². The average Bonchev–Trinajstić information content (AvgIpc) is 2.95. The van der Waals surface area contributed by atoms with Gasteiger partial charge in [0.15, 0.2) is 0 Å². The molecular formula is C14H17N3O2. The zero-order valence-corrected chi connectivity index (χ0v) is 11.0. The fraction of sp³-hybridized carbons (Fsp3) is 0.500. The van der Waals surface area contributed by atoms with Crippen LogP contribution in [0.1, 0.15) is 31.4 Å². The fourth-order valence-electron chi connectivity index (χ4n) is 2.81. The minimum atomic E-state index is -0.0338. The van der Waals surface area contributed by atoms with E-state index < -0.39 is 0 Å². The quantitative estimate of drug-likeness (QED) is 0.840. The van der Waals surface area contributed by atoms with Crippen molar-refractivity contribution in [3.63, 3.8) is 0 Å². The van der Waals surface area contributed by atoms with Crippen molar-refractivity contribution < 1.29 is 4.79 Å². The lowest BCUT2D eigenvalue weighted by Gasteiger charge is -2.09. The summed E-state index contributed by atoms with van der Waals surface area (Å²) in [7, 11) is 0. The van der Waals surface area contributed by atoms with E-state index >= 15 is 0 Å². The van der Waals surface area contributed by atoms with Crippen molar-refractivity contribution >= 4 is 11.3 Å². The summed E-state index contributed by atoms with van der Waals surface area (Å²) in [4.78, 5) is 23.8. The Bertz CT molecular complexity index is 684. The first-order valence-electron chi connectivity index (χ1n) is 6.73. The van der Waals surface area contributed by atoms with Gasteiger partial charge in [-0.1, -0.05) is 0 Å². The van der Waals surface area contributed by atoms with Crippen LogP contribution < -0.4 is 5.56 Å². The van der Waals surface area contributed by atoms with Gasteiger partial charge in [0.25, 0.3) is 5.56 Å². The molecule has 1 atom stereocenters. The molecule has 1 aliphatic rings. The zero-order valence-electron chi connectivity index (χ0n) is 11.0. The molecule has 2 aromatic heterocycles. The van der Waals surface area contributed by atoms with Crippen molar-refractivity contribution in [3.8, 4) is 0 Å². The van der Waals surface area contributed by atoms with Crippen LogP contribution in [0.2, 0.25) is 0 Å². The van der Waals surface area contributed by atoms with E-state index in [9.17, 15) is 9.59 Å². The van der Waals surface area contributed by atoms with Gasteiger partial charge in [-0.25, -0.2) is 4.52 Å². The number of carbonyl (C=O) groups excluding carboxylic acids is 1. The molecule has 5 nitrogen and oxygen atoms in total. The Morgan fingerprint density at radius 1 is 1.37 bits per heavy atom. The Labute approximate surface area is 110 Å². The van der Waals surface area contributed by atoms with Gasteiger partial charge < -0.3 is 4.57 Å². The first kappa shape index (κ1) is 12.1. The number of aryl methyl sites for hydroxylation is 2. The molecule has 0 bridgehead atoms. The third-order valence-electron chi connectivity index (χ3n) is 3.88. The van der Waals surface area contributed by atoms with E-state index in [-0.39, 0.29) is 11.5 Å². The molecule has 1 fully saturated rings. The van der Waals surface area contributed by atoms with E-state index in [4.69, 9.17) is 0 Å². The monoisotopic (exact) mass is 259 g/mol. The Hall–Kier alpha value is -1.91. The number of hydrogen-bond acceptors (Lipinski definition) is 3. The van der Waals surface area contributed by atoms with Crippen molar-refractivity contribution in [2.45, 2.75) is 39.2 Å². The maximum Gasteiger partial charge on any atom is 0.276 e. The van der Waals surface area contributed by atoms with E-state index in [2.05, 4.69) is 5.10 Å². The van der Waals surface area contributed by atoms with Crippen LogP contribution in [0.15, 0.2) is 23.3 Å². The Morgan fingerprint density at radius 2 is 2.21 bits per heavy atom. The van der Waals surface area contributed by atoms with Gasteiger partial charge in [0.05, 0.1) is 5.69 Å². The van der Waals surface area contributed by atoms with Crippen molar-refractivity contribution in [3.05, 3.63) is 34.5 Å². The zero-order chi connectivity index (χ0) is 13.4. The van der Waals surface area contributed by atoms with Gasteiger partial charge in [0.1, 0.15) is 11.3 Å². The number of nitrogens with zero attached hydrogens (tertiary/aromatic N) is 3. The van der Waals surface area contributed by atoms with Crippen LogP contribution >= 0.6 is 0 Å². The van der Waals surface area contributed by atoms with E-state index in [0.29, 0.717) is 24.3 Å². The van der Waals surface area contributed by atoms with Crippen LogP contribution in [-0.2, 0) is 11.3 Å². The van der Waals surface area contributed by atoms with E-state index in [1.807, 2.05) is 6.92 Å². The molecule has 0 N–H and O–H groups in total. The maximum atomic E-state index is 12.2. The molecule has 1 unspecified atom stereocenters. The van der Waals surface area contributed by atoms with Crippen LogP contribution in [0.5, 0.6) is 0 Å². The molecule has 5 heteroatoms. The Kier molecular flexibility index (Phi) is 2.97. The van der Waals surface area contributed by atoms with Crippen LogP contribution in [0.3, 0.4) is 0 Å². The van der Waals surface area contributed by atoms with Crippen LogP contribution in [0.4, 0.5) is 0 Å². The number of Topliss-reactive ketones (excluding diaryl/α,β-unsaturated/α-hetero) is 1. The van der Waals surface area contributed by atoms with E-state index in [1.165, 1.54) is 0 Å². The number of fused-ring (bicyclic) bond motifs is 1. The van der Waals surface area contributed by atoms with Gasteiger partial charge >= 0.3 is 0 Å². The predicted octanol–water partition coefficient (Wildman–Crippen LogP) is 1.56. The molecule has 0 amide bonds. The standard InChI is InChI=1S/C14H17N3O2/c1-10-9-12-14(19)16(7-8-17(12)15-10)6-5-11-3-2-4-13(11)18/h7-9,11H,2-6H2,1H3. The summed E-state index contributed by atoms with van der Waals surface area (Å²) >= 11 is 0. The van der Waals surface area contributed by atoms with Crippen molar-refractivity contribution in [2.75, 3.05) is 0 Å². The Morgan fingerprint density at radius 3 is 2.95 bits per heavy atom. The Balaban J connectivity index is 1.83. The highest BCUT2D eigenvalue weighted by Gasteiger charge is 2.23. The van der Waals surface area contributed by atoms with E-state index in [1.54, 1.807) is 27.5 Å². The van der Waals surface area contributed by atoms with Gasteiger partial charge in [-0.2, -0.15) is 5.10 Å². The first-order valence-corrected chi connectivity index (χ1v) is 6.73. The predicted molar refractivity (Wildman–Crippen MR) is 71.2 cm³/mol. The van der Waals surface area contributed by atoms with Crippen molar-refractivity contribution in [1.29, 1.82) is 0 Å². The number of ketones is 1. The number of carbonyl (C=O) groups is 1. The third kappa shape index (κ3) is 2.20. The molecule has 0 saturated heterocycles. The molecule has 19 heavy (non-hydrogen) atoms. The molecule has 0 spiro atoms. The summed E-state index contributed by atoms with van der Waals surface area (Å²) in [6, 6.07) is 1.79. The SMILES string of the molecule is Cc1cc2c(=O)n(CCC3CCCC3=O)ccn2n1. The van der Waals surface area contributed by atoms with Gasteiger partial charge in [0, 0.05) is 31.3 Å². The van der Waals surface area contributed by atoms with Gasteiger partial charge in [-0.15, -0.1) is 0 Å². The number of rotatable bonds is 3. The normalized spacial score (nSPS) is 19.4. The van der Waals surface area contributed by atoms with Crippen molar-refractivity contribution in [1.82, 2.24) is 14.2 Å². The summed E-state index contributed by atoms with van der Waals surface area (Å²) < 4.78 is 3.29. The molecule has 1 saturated carbocycles. The lowest BCUT2D eigenvalue weighted by Crippen LogP contribution is -2.23. The maximum absolute atomic E-state index is 12.2. The second kappa shape index (κ2) is 4.64. The van der Waals surface area contributed by atoms with Gasteiger partial charge in [-0.3, -0.25) is 9.59 Å². The fourth-order valence-corrected chi connectivity index (χ4v) is 2.81. The summed E-state index contributed by atoms with van der Waals surface area (Å²) in [6.45, 7) is 2.48. The van der Waals surface area contributed by atoms with Crippen molar-refractivity contribution in [2.24, 2.45) is 5.92 Å². The van der Waals surface area contributed by atoms with Crippen LogP contribution in [-0.4, -0.2) is 20.0 Å². The highest BCUT2D eigenvalue weighted by molar-refractivity contribution is 5.82. The molecule has 0 aromatic carbocycles. The molecule has 100 valence electrons. The summed E-state index contributed by atoms with van der Waals surface area (Å²) in [5.74, 6) is 0.504. The second-order valence-electron chi connectivity index (χ2n) is 5.26. The highest BCUT2D eigenvalue weighted by Crippen LogP contribution is 2.24. The highest BCUT2D eigenvalue weighted by atomic mass is 16.1. The summed E-state index contributed by atoms with van der Waals surface area (Å²) in [6.07, 6.45) is 6.99. The molecule has 2 aromatic rings. The third-order valence-corrected chi connectivity index (χ3v) is 3.88. The average molecular weight is 259 g/mol. The molecular weight excluding hydrogens is 242 g/mol.